The van der Waals surface area contributed by atoms with Gasteiger partial charge in [-0.25, -0.2) is 8.42 Å². The van der Waals surface area contributed by atoms with Crippen LogP contribution >= 0.6 is 0 Å². The van der Waals surface area contributed by atoms with Gasteiger partial charge < -0.3 is 14.5 Å². The third-order valence-electron chi connectivity index (χ3n) is 5.56. The summed E-state index contributed by atoms with van der Waals surface area (Å²) in [4.78, 5) is 3.09. The molecule has 6 nitrogen and oxygen atoms in total. The van der Waals surface area contributed by atoms with Gasteiger partial charge in [-0.3, -0.25) is 0 Å². The summed E-state index contributed by atoms with van der Waals surface area (Å²) < 4.78 is 32.8. The molecule has 2 heterocycles. The Kier molecular flexibility index (Phi) is 7.65. The van der Waals surface area contributed by atoms with E-state index < -0.39 is 10.0 Å². The number of nitrogens with one attached hydrogen (secondary N) is 2. The second-order valence-electron chi connectivity index (χ2n) is 8.41. The molecule has 0 aromatic heterocycles. The molecule has 7 heteroatoms. The molecule has 0 bridgehead atoms. The monoisotopic (exact) mass is 409 g/mol. The Hall–Kier alpha value is -1.25. The maximum atomic E-state index is 12.6. The number of rotatable bonds is 7. The predicted octanol–water partition coefficient (Wildman–Crippen LogP) is -0.873. The fourth-order valence-electron chi connectivity index (χ4n) is 4.14. The number of morpholine rings is 1. The summed E-state index contributed by atoms with van der Waals surface area (Å²) in [5.41, 5.74) is 0.901. The minimum absolute atomic E-state index is 0.290. The molecule has 2 saturated heterocycles. The largest absolute Gasteiger partial charge is 0.361 e. The van der Waals surface area contributed by atoms with Crippen LogP contribution in [0.4, 0.5) is 0 Å². The quantitative estimate of drug-likeness (QED) is 0.616. The number of ether oxygens (including phenoxy) is 1. The number of nitrogens with zero attached hydrogens (tertiary/aromatic N) is 1. The lowest BCUT2D eigenvalue weighted by Crippen LogP contribution is -3.19. The molecule has 0 spiro atoms. The molecule has 156 valence electrons. The van der Waals surface area contributed by atoms with Crippen molar-refractivity contribution >= 4 is 16.1 Å². The van der Waals surface area contributed by atoms with E-state index in [0.717, 1.165) is 44.9 Å². The Morgan fingerprint density at radius 3 is 2.54 bits per heavy atom. The molecule has 0 radical (unpaired) electrons. The predicted molar refractivity (Wildman–Crippen MR) is 112 cm³/mol. The first-order valence-electron chi connectivity index (χ1n) is 10.4. The average Bonchev–Trinajstić information content (AvgIpc) is 2.67. The van der Waals surface area contributed by atoms with Crippen LogP contribution in [-0.4, -0.2) is 77.8 Å². The normalized spacial score (nSPS) is 25.5. The fourth-order valence-corrected chi connectivity index (χ4v) is 5.34. The van der Waals surface area contributed by atoms with Gasteiger partial charge in [0.15, 0.2) is 6.10 Å². The Labute approximate surface area is 169 Å². The standard InChI is InChI=1S/C21H33N3O3S/c1-19(2)16-23-13-14-27-21(18-23)17-22-9-11-24(12-10-22)28(25,26)15-8-20-6-4-3-5-7-20/h3-8,15,19,21H,9-14,16-18H2,1-2H3/p+2/b15-8+/t21-/m1/s1. The van der Waals surface area contributed by atoms with Gasteiger partial charge in [0.2, 0.25) is 10.0 Å². The molecule has 0 saturated carbocycles. The third kappa shape index (κ3) is 6.39. The van der Waals surface area contributed by atoms with Crippen molar-refractivity contribution in [3.05, 3.63) is 41.3 Å². The Bertz CT molecular complexity index is 729. The molecule has 3 rings (SSSR count). The van der Waals surface area contributed by atoms with Crippen LogP contribution in [-0.2, 0) is 14.8 Å². The zero-order chi connectivity index (χ0) is 20.0. The van der Waals surface area contributed by atoms with Gasteiger partial charge in [0.1, 0.15) is 19.6 Å². The van der Waals surface area contributed by atoms with Crippen molar-refractivity contribution in [3.63, 3.8) is 0 Å². The second-order valence-corrected chi connectivity index (χ2v) is 10.2. The summed E-state index contributed by atoms with van der Waals surface area (Å²) in [5.74, 6) is 0.707. The van der Waals surface area contributed by atoms with E-state index in [4.69, 9.17) is 4.74 Å². The van der Waals surface area contributed by atoms with Crippen molar-refractivity contribution in [3.8, 4) is 0 Å². The third-order valence-corrected chi connectivity index (χ3v) is 7.13. The van der Waals surface area contributed by atoms with Crippen LogP contribution in [0.2, 0.25) is 0 Å². The number of hydrogen-bond donors (Lipinski definition) is 2. The van der Waals surface area contributed by atoms with Crippen LogP contribution < -0.4 is 9.80 Å². The fraction of sp³-hybridized carbons (Fsp3) is 0.619. The summed E-state index contributed by atoms with van der Waals surface area (Å²) in [5, 5.41) is 1.34. The second kappa shape index (κ2) is 9.98. The maximum Gasteiger partial charge on any atom is 0.236 e. The highest BCUT2D eigenvalue weighted by atomic mass is 32.2. The Morgan fingerprint density at radius 1 is 1.14 bits per heavy atom. The van der Waals surface area contributed by atoms with Gasteiger partial charge >= 0.3 is 0 Å². The SMILES string of the molecule is CC(C)C[NH+]1CCO[C@H](C[NH+]2CCN(S(=O)(=O)/C=C/c3ccccc3)CC2)C1. The summed E-state index contributed by atoms with van der Waals surface area (Å²) in [6, 6.07) is 9.55. The van der Waals surface area contributed by atoms with Crippen molar-refractivity contribution < 1.29 is 23.0 Å². The van der Waals surface area contributed by atoms with Crippen LogP contribution in [0.15, 0.2) is 35.7 Å². The lowest BCUT2D eigenvalue weighted by molar-refractivity contribution is -0.935. The first-order valence-corrected chi connectivity index (χ1v) is 11.9. The van der Waals surface area contributed by atoms with Crippen molar-refractivity contribution in [2.75, 3.05) is 59.0 Å². The lowest BCUT2D eigenvalue weighted by atomic mass is 10.1. The van der Waals surface area contributed by atoms with E-state index in [1.54, 1.807) is 15.3 Å². The molecular formula is C21H35N3O3S+2. The van der Waals surface area contributed by atoms with Crippen LogP contribution in [0.3, 0.4) is 0 Å². The van der Waals surface area contributed by atoms with Crippen molar-refractivity contribution in [2.45, 2.75) is 20.0 Å². The van der Waals surface area contributed by atoms with Crippen LogP contribution in [0, 0.1) is 5.92 Å². The number of piperazine rings is 1. The molecule has 0 amide bonds. The summed E-state index contributed by atoms with van der Waals surface area (Å²) in [6.07, 6.45) is 1.97. The molecule has 0 aliphatic carbocycles. The van der Waals surface area contributed by atoms with E-state index in [-0.39, 0.29) is 0 Å². The molecule has 2 fully saturated rings. The zero-order valence-corrected chi connectivity index (χ0v) is 18.0. The van der Waals surface area contributed by atoms with Gasteiger partial charge in [-0.1, -0.05) is 44.2 Å². The number of quaternary nitrogens is 2. The summed E-state index contributed by atoms with van der Waals surface area (Å²) >= 11 is 0. The van der Waals surface area contributed by atoms with E-state index in [2.05, 4.69) is 13.8 Å². The minimum atomic E-state index is -3.36. The van der Waals surface area contributed by atoms with Gasteiger partial charge in [0.25, 0.3) is 0 Å². The molecule has 1 aromatic carbocycles. The summed E-state index contributed by atoms with van der Waals surface area (Å²) in [7, 11) is -3.36. The lowest BCUT2D eigenvalue weighted by Gasteiger charge is -2.35. The molecule has 2 aliphatic rings. The smallest absolute Gasteiger partial charge is 0.236 e. The number of benzene rings is 1. The molecule has 1 unspecified atom stereocenters. The first-order chi connectivity index (χ1) is 13.4. The number of hydrogen-bond acceptors (Lipinski definition) is 3. The molecule has 28 heavy (non-hydrogen) atoms. The van der Waals surface area contributed by atoms with E-state index in [0.29, 0.717) is 25.1 Å². The van der Waals surface area contributed by atoms with E-state index >= 15 is 0 Å². The van der Waals surface area contributed by atoms with Crippen molar-refractivity contribution in [1.29, 1.82) is 0 Å². The highest BCUT2D eigenvalue weighted by Crippen LogP contribution is 2.08. The van der Waals surface area contributed by atoms with Gasteiger partial charge in [0, 0.05) is 11.3 Å². The van der Waals surface area contributed by atoms with E-state index in [1.807, 2.05) is 30.3 Å². The van der Waals surface area contributed by atoms with Gasteiger partial charge in [0.05, 0.1) is 39.3 Å². The van der Waals surface area contributed by atoms with Crippen molar-refractivity contribution in [1.82, 2.24) is 4.31 Å². The van der Waals surface area contributed by atoms with Crippen LogP contribution in [0.1, 0.15) is 19.4 Å². The Balaban J connectivity index is 1.47. The van der Waals surface area contributed by atoms with E-state index in [9.17, 15) is 8.42 Å². The maximum absolute atomic E-state index is 12.6. The molecular weight excluding hydrogens is 374 g/mol. The highest BCUT2D eigenvalue weighted by Gasteiger charge is 2.32. The minimum Gasteiger partial charge on any atom is -0.361 e. The highest BCUT2D eigenvalue weighted by molar-refractivity contribution is 7.92. The first kappa shape index (κ1) is 21.5. The number of sulfonamides is 1. The summed E-state index contributed by atoms with van der Waals surface area (Å²) in [6.45, 7) is 12.6. The molecule has 1 aromatic rings. The molecule has 2 atom stereocenters. The molecule has 2 N–H and O–H groups in total. The van der Waals surface area contributed by atoms with Crippen LogP contribution in [0.25, 0.3) is 6.08 Å². The average molecular weight is 410 g/mol. The van der Waals surface area contributed by atoms with Crippen LogP contribution in [0.5, 0.6) is 0 Å². The van der Waals surface area contributed by atoms with Gasteiger partial charge in [-0.05, 0) is 11.6 Å². The van der Waals surface area contributed by atoms with Crippen molar-refractivity contribution in [2.24, 2.45) is 5.92 Å². The Morgan fingerprint density at radius 2 is 1.86 bits per heavy atom. The van der Waals surface area contributed by atoms with E-state index in [1.165, 1.54) is 16.9 Å². The molecule has 2 aliphatic heterocycles. The zero-order valence-electron chi connectivity index (χ0n) is 17.1. The van der Waals surface area contributed by atoms with Gasteiger partial charge in [-0.15, -0.1) is 0 Å². The van der Waals surface area contributed by atoms with Gasteiger partial charge in [-0.2, -0.15) is 4.31 Å². The topological polar surface area (TPSA) is 55.5 Å².